The minimum atomic E-state index is -3.52. The SMILES string of the molecule is Cc1nc(N)sc1S(=O)(=O)NCC1Cc2ccccc21. The van der Waals surface area contributed by atoms with E-state index in [4.69, 9.17) is 5.73 Å². The third-order valence-corrected chi connectivity index (χ3v) is 6.52. The molecule has 1 aliphatic carbocycles. The van der Waals surface area contributed by atoms with Gasteiger partial charge in [-0.1, -0.05) is 35.6 Å². The molecule has 20 heavy (non-hydrogen) atoms. The quantitative estimate of drug-likeness (QED) is 0.899. The van der Waals surface area contributed by atoms with Crippen LogP contribution in [0.25, 0.3) is 0 Å². The Morgan fingerprint density at radius 2 is 2.20 bits per heavy atom. The highest BCUT2D eigenvalue weighted by atomic mass is 32.2. The van der Waals surface area contributed by atoms with Crippen LogP contribution in [-0.4, -0.2) is 19.9 Å². The molecule has 3 N–H and O–H groups in total. The number of aromatic nitrogens is 1. The molecule has 7 heteroatoms. The third-order valence-electron chi connectivity index (χ3n) is 3.50. The minimum Gasteiger partial charge on any atom is -0.375 e. The van der Waals surface area contributed by atoms with E-state index in [0.717, 1.165) is 17.8 Å². The lowest BCUT2D eigenvalue weighted by Gasteiger charge is -2.30. The van der Waals surface area contributed by atoms with Crippen LogP contribution < -0.4 is 10.5 Å². The fourth-order valence-corrected chi connectivity index (χ4v) is 4.90. The van der Waals surface area contributed by atoms with Crippen molar-refractivity contribution in [2.75, 3.05) is 12.3 Å². The first kappa shape index (κ1) is 13.5. The van der Waals surface area contributed by atoms with Gasteiger partial charge < -0.3 is 5.73 Å². The van der Waals surface area contributed by atoms with Gasteiger partial charge in [0.15, 0.2) is 9.34 Å². The van der Waals surface area contributed by atoms with Gasteiger partial charge in [-0.2, -0.15) is 0 Å². The molecule has 2 aromatic rings. The Kier molecular flexibility index (Phi) is 3.27. The van der Waals surface area contributed by atoms with E-state index in [1.165, 1.54) is 11.1 Å². The van der Waals surface area contributed by atoms with Gasteiger partial charge in [-0.3, -0.25) is 0 Å². The highest BCUT2D eigenvalue weighted by molar-refractivity contribution is 7.91. The molecule has 0 saturated carbocycles. The van der Waals surface area contributed by atoms with Crippen LogP contribution in [-0.2, 0) is 16.4 Å². The zero-order valence-corrected chi connectivity index (χ0v) is 12.6. The van der Waals surface area contributed by atoms with Crippen molar-refractivity contribution >= 4 is 26.5 Å². The van der Waals surface area contributed by atoms with E-state index in [-0.39, 0.29) is 15.3 Å². The van der Waals surface area contributed by atoms with Crippen molar-refractivity contribution in [3.8, 4) is 0 Å². The molecule has 0 spiro atoms. The summed E-state index contributed by atoms with van der Waals surface area (Å²) in [7, 11) is -3.52. The van der Waals surface area contributed by atoms with E-state index >= 15 is 0 Å². The molecule has 3 rings (SSSR count). The van der Waals surface area contributed by atoms with Gasteiger partial charge in [-0.15, -0.1) is 0 Å². The Balaban J connectivity index is 1.72. The van der Waals surface area contributed by atoms with Crippen LogP contribution in [0, 0.1) is 6.92 Å². The van der Waals surface area contributed by atoms with Gasteiger partial charge in [0.1, 0.15) is 0 Å². The van der Waals surface area contributed by atoms with E-state index in [0.29, 0.717) is 12.2 Å². The molecule has 1 unspecified atom stereocenters. The summed E-state index contributed by atoms with van der Waals surface area (Å²) < 4.78 is 27.3. The molecular formula is C13H15N3O2S2. The number of sulfonamides is 1. The minimum absolute atomic E-state index is 0.211. The Hall–Kier alpha value is -1.44. The van der Waals surface area contributed by atoms with Crippen LogP contribution in [0.3, 0.4) is 0 Å². The summed E-state index contributed by atoms with van der Waals surface area (Å²) in [6.45, 7) is 2.07. The summed E-state index contributed by atoms with van der Waals surface area (Å²) in [6, 6.07) is 8.11. The zero-order valence-electron chi connectivity index (χ0n) is 11.0. The predicted octanol–water partition coefficient (Wildman–Crippen LogP) is 1.65. The maximum Gasteiger partial charge on any atom is 0.252 e. The van der Waals surface area contributed by atoms with Crippen LogP contribution in [0.2, 0.25) is 0 Å². The van der Waals surface area contributed by atoms with Gasteiger partial charge in [-0.05, 0) is 24.5 Å². The molecule has 1 aliphatic rings. The number of benzene rings is 1. The monoisotopic (exact) mass is 309 g/mol. The lowest BCUT2D eigenvalue weighted by molar-refractivity contribution is 0.553. The number of nitrogen functional groups attached to an aromatic ring is 1. The van der Waals surface area contributed by atoms with Gasteiger partial charge in [0.25, 0.3) is 10.0 Å². The summed E-state index contributed by atoms with van der Waals surface area (Å²) in [5, 5.41) is 0.275. The lowest BCUT2D eigenvalue weighted by Crippen LogP contribution is -2.33. The Morgan fingerprint density at radius 1 is 1.45 bits per heavy atom. The maximum atomic E-state index is 12.2. The number of thiazole rings is 1. The number of nitrogens with two attached hydrogens (primary N) is 1. The fraction of sp³-hybridized carbons (Fsp3) is 0.308. The number of hydrogen-bond donors (Lipinski definition) is 2. The smallest absolute Gasteiger partial charge is 0.252 e. The fourth-order valence-electron chi connectivity index (χ4n) is 2.47. The van der Waals surface area contributed by atoms with Gasteiger partial charge >= 0.3 is 0 Å². The first-order chi connectivity index (χ1) is 9.47. The summed E-state index contributed by atoms with van der Waals surface area (Å²) in [4.78, 5) is 3.95. The van der Waals surface area contributed by atoms with Crippen LogP contribution in [0.4, 0.5) is 5.13 Å². The van der Waals surface area contributed by atoms with E-state index in [1.807, 2.05) is 18.2 Å². The molecule has 0 radical (unpaired) electrons. The average Bonchev–Trinajstić information content (AvgIpc) is 2.70. The predicted molar refractivity (Wildman–Crippen MR) is 79.3 cm³/mol. The second-order valence-electron chi connectivity index (χ2n) is 4.88. The molecule has 1 atom stereocenters. The largest absolute Gasteiger partial charge is 0.375 e. The van der Waals surface area contributed by atoms with Crippen molar-refractivity contribution in [2.24, 2.45) is 0 Å². The standard InChI is InChI=1S/C13H15N3O2S2/c1-8-12(19-13(14)16-8)20(17,18)15-7-10-6-9-4-2-3-5-11(9)10/h2-5,10,15H,6-7H2,1H3,(H2,14,16). The molecule has 1 aromatic carbocycles. The average molecular weight is 309 g/mol. The topological polar surface area (TPSA) is 85.1 Å². The molecule has 1 aromatic heterocycles. The molecule has 0 amide bonds. The second kappa shape index (κ2) is 4.83. The van der Waals surface area contributed by atoms with Crippen molar-refractivity contribution in [3.05, 3.63) is 41.1 Å². The number of aryl methyl sites for hydroxylation is 1. The molecule has 1 heterocycles. The van der Waals surface area contributed by atoms with Crippen LogP contribution in [0.5, 0.6) is 0 Å². The van der Waals surface area contributed by atoms with Crippen LogP contribution in [0.1, 0.15) is 22.7 Å². The number of hydrogen-bond acceptors (Lipinski definition) is 5. The third kappa shape index (κ3) is 2.32. The molecule has 0 bridgehead atoms. The summed E-state index contributed by atoms with van der Waals surface area (Å²) >= 11 is 1.00. The number of anilines is 1. The van der Waals surface area contributed by atoms with Crippen molar-refractivity contribution in [1.29, 1.82) is 0 Å². The normalized spacial score (nSPS) is 17.6. The Labute approximate surface area is 121 Å². The lowest BCUT2D eigenvalue weighted by atomic mass is 9.78. The molecular weight excluding hydrogens is 294 g/mol. The number of fused-ring (bicyclic) bond motifs is 1. The van der Waals surface area contributed by atoms with E-state index in [9.17, 15) is 8.42 Å². The van der Waals surface area contributed by atoms with Gasteiger partial charge in [-0.25, -0.2) is 18.1 Å². The van der Waals surface area contributed by atoms with Crippen molar-refractivity contribution < 1.29 is 8.42 Å². The van der Waals surface area contributed by atoms with Crippen LogP contribution >= 0.6 is 11.3 Å². The second-order valence-corrected chi connectivity index (χ2v) is 7.87. The highest BCUT2D eigenvalue weighted by Crippen LogP contribution is 2.34. The zero-order chi connectivity index (χ0) is 14.3. The molecule has 0 saturated heterocycles. The van der Waals surface area contributed by atoms with Gasteiger partial charge in [0.2, 0.25) is 0 Å². The van der Waals surface area contributed by atoms with E-state index in [2.05, 4.69) is 15.8 Å². The van der Waals surface area contributed by atoms with Crippen molar-refractivity contribution in [2.45, 2.75) is 23.5 Å². The summed E-state index contributed by atoms with van der Waals surface area (Å²) in [5.41, 5.74) is 8.53. The highest BCUT2D eigenvalue weighted by Gasteiger charge is 2.28. The van der Waals surface area contributed by atoms with Crippen molar-refractivity contribution in [3.63, 3.8) is 0 Å². The number of rotatable bonds is 4. The van der Waals surface area contributed by atoms with Crippen molar-refractivity contribution in [1.82, 2.24) is 9.71 Å². The first-order valence-corrected chi connectivity index (χ1v) is 8.58. The van der Waals surface area contributed by atoms with E-state index < -0.39 is 10.0 Å². The Morgan fingerprint density at radius 3 is 2.85 bits per heavy atom. The molecule has 5 nitrogen and oxygen atoms in total. The molecule has 0 aliphatic heterocycles. The molecule has 0 fully saturated rings. The van der Waals surface area contributed by atoms with Crippen LogP contribution in [0.15, 0.2) is 28.5 Å². The number of nitrogens with one attached hydrogen (secondary N) is 1. The maximum absolute atomic E-state index is 12.2. The number of nitrogens with zero attached hydrogens (tertiary/aromatic N) is 1. The van der Waals surface area contributed by atoms with Gasteiger partial charge in [0.05, 0.1) is 5.69 Å². The first-order valence-electron chi connectivity index (χ1n) is 6.28. The van der Waals surface area contributed by atoms with E-state index in [1.54, 1.807) is 6.92 Å². The summed E-state index contributed by atoms with van der Waals surface area (Å²) in [5.74, 6) is 0.256. The molecule has 106 valence electrons. The van der Waals surface area contributed by atoms with Gasteiger partial charge in [0, 0.05) is 12.5 Å². The summed E-state index contributed by atoms with van der Waals surface area (Å²) in [6.07, 6.45) is 0.919. The Bertz CT molecular complexity index is 753.